The molecule has 11 heteroatoms. The lowest BCUT2D eigenvalue weighted by atomic mass is 9.82. The second kappa shape index (κ2) is 23.3. The maximum absolute atomic E-state index is 13.4. The molecule has 1 saturated carbocycles. The van der Waals surface area contributed by atoms with Crippen molar-refractivity contribution in [3.05, 3.63) is 90.5 Å². The van der Waals surface area contributed by atoms with Crippen molar-refractivity contribution in [2.75, 3.05) is 24.8 Å². The predicted octanol–water partition coefficient (Wildman–Crippen LogP) is 10.8. The Morgan fingerprint density at radius 1 is 0.807 bits per heavy atom. The number of hydrogen-bond acceptors (Lipinski definition) is 11. The minimum Gasteiger partial charge on any atom is -0.494 e. The summed E-state index contributed by atoms with van der Waals surface area (Å²) in [5.41, 5.74) is 2.72. The molecule has 0 saturated heterocycles. The number of esters is 3. The molecule has 1 heterocycles. The zero-order valence-electron chi connectivity index (χ0n) is 33.5. The van der Waals surface area contributed by atoms with Crippen LogP contribution in [0.3, 0.4) is 0 Å². The molecule has 57 heavy (non-hydrogen) atoms. The third kappa shape index (κ3) is 14.1. The molecule has 304 valence electrons. The average Bonchev–Trinajstić information content (AvgIpc) is 3.67. The summed E-state index contributed by atoms with van der Waals surface area (Å²) in [6, 6.07) is 21.0. The third-order valence-electron chi connectivity index (χ3n) is 10.1. The summed E-state index contributed by atoms with van der Waals surface area (Å²) < 4.78 is 23.7. The first-order chi connectivity index (χ1) is 27.8. The first kappa shape index (κ1) is 43.1. The standard InChI is InChI=1S/C46H57N3O7S/c1-4-6-7-14-29-49(46-48-40-17-12-13-18-42(40)57-46)47-33-37-32-34(3)19-28-41(37)56-45(52)36-22-20-35(21-23-36)44(51)55-39-26-24-38(25-27-39)53-30-15-10-8-9-11-16-31-54-43(50)5-2/h5,12-13,17-19,24-28,32-33,35-36H,2,4,6-11,14-16,20-23,29-31H2,1,3H3. The number of aryl methyl sites for hydroxylation is 1. The van der Waals surface area contributed by atoms with Crippen molar-refractivity contribution < 1.29 is 33.3 Å². The molecule has 1 aliphatic rings. The van der Waals surface area contributed by atoms with E-state index in [0.717, 1.165) is 96.6 Å². The van der Waals surface area contributed by atoms with Crippen molar-refractivity contribution in [1.82, 2.24) is 4.98 Å². The summed E-state index contributed by atoms with van der Waals surface area (Å²) in [7, 11) is 0. The molecule has 0 atom stereocenters. The number of nitrogens with zero attached hydrogens (tertiary/aromatic N) is 3. The number of rotatable bonds is 23. The molecule has 0 spiro atoms. The van der Waals surface area contributed by atoms with Crippen LogP contribution in [0.2, 0.25) is 0 Å². The Morgan fingerprint density at radius 3 is 2.16 bits per heavy atom. The van der Waals surface area contributed by atoms with Crippen LogP contribution in [-0.2, 0) is 19.1 Å². The molecule has 0 amide bonds. The van der Waals surface area contributed by atoms with Gasteiger partial charge in [0, 0.05) is 18.2 Å². The maximum atomic E-state index is 13.4. The molecule has 0 bridgehead atoms. The number of unbranched alkanes of at least 4 members (excludes halogenated alkanes) is 8. The summed E-state index contributed by atoms with van der Waals surface area (Å²) >= 11 is 1.62. The van der Waals surface area contributed by atoms with E-state index in [9.17, 15) is 14.4 Å². The van der Waals surface area contributed by atoms with Crippen LogP contribution < -0.4 is 19.2 Å². The Morgan fingerprint density at radius 2 is 1.46 bits per heavy atom. The van der Waals surface area contributed by atoms with Crippen LogP contribution in [0, 0.1) is 18.8 Å². The minimum absolute atomic E-state index is 0.278. The van der Waals surface area contributed by atoms with Gasteiger partial charge in [0.25, 0.3) is 0 Å². The number of benzene rings is 3. The second-order valence-electron chi connectivity index (χ2n) is 14.6. The maximum Gasteiger partial charge on any atom is 0.330 e. The number of aromatic nitrogens is 1. The molecule has 0 radical (unpaired) electrons. The highest BCUT2D eigenvalue weighted by Gasteiger charge is 2.32. The molecular weight excluding hydrogens is 739 g/mol. The molecule has 10 nitrogen and oxygen atoms in total. The van der Waals surface area contributed by atoms with Crippen molar-refractivity contribution in [3.63, 3.8) is 0 Å². The highest BCUT2D eigenvalue weighted by Crippen LogP contribution is 2.33. The number of fused-ring (bicyclic) bond motifs is 1. The molecule has 0 aliphatic heterocycles. The molecule has 1 aliphatic carbocycles. The highest BCUT2D eigenvalue weighted by atomic mass is 32.1. The number of anilines is 1. The Balaban J connectivity index is 1.05. The molecule has 3 aromatic carbocycles. The van der Waals surface area contributed by atoms with Gasteiger partial charge < -0.3 is 18.9 Å². The van der Waals surface area contributed by atoms with E-state index in [1.54, 1.807) is 29.7 Å². The third-order valence-corrected chi connectivity index (χ3v) is 11.1. The van der Waals surface area contributed by atoms with Gasteiger partial charge in [-0.2, -0.15) is 5.10 Å². The smallest absolute Gasteiger partial charge is 0.330 e. The van der Waals surface area contributed by atoms with Gasteiger partial charge >= 0.3 is 17.9 Å². The quantitative estimate of drug-likeness (QED) is 0.0181. The van der Waals surface area contributed by atoms with Gasteiger partial charge in [0.05, 0.1) is 41.5 Å². The van der Waals surface area contributed by atoms with Gasteiger partial charge in [-0.15, -0.1) is 0 Å². The second-order valence-corrected chi connectivity index (χ2v) is 15.6. The molecular formula is C46H57N3O7S. The Labute approximate surface area is 341 Å². The summed E-state index contributed by atoms with van der Waals surface area (Å²) in [6.07, 6.45) is 15.7. The van der Waals surface area contributed by atoms with Crippen LogP contribution in [0.5, 0.6) is 17.2 Å². The van der Waals surface area contributed by atoms with E-state index in [0.29, 0.717) is 50.4 Å². The van der Waals surface area contributed by atoms with Crippen molar-refractivity contribution in [3.8, 4) is 17.2 Å². The summed E-state index contributed by atoms with van der Waals surface area (Å²) in [4.78, 5) is 42.4. The number of carbonyl (C=O) groups is 3. The fourth-order valence-corrected chi connectivity index (χ4v) is 7.70. The summed E-state index contributed by atoms with van der Waals surface area (Å²) in [6.45, 7) is 9.39. The van der Waals surface area contributed by atoms with Crippen molar-refractivity contribution in [1.29, 1.82) is 0 Å². The lowest BCUT2D eigenvalue weighted by Crippen LogP contribution is -2.30. The zero-order valence-corrected chi connectivity index (χ0v) is 34.3. The topological polar surface area (TPSA) is 117 Å². The SMILES string of the molecule is C=CC(=O)OCCCCCCCCOc1ccc(OC(=O)C2CCC(C(=O)Oc3ccc(C)cc3C=NN(CCCCCC)c3nc4ccccc4s3)CC2)cc1. The van der Waals surface area contributed by atoms with Crippen LogP contribution in [0.15, 0.2) is 84.5 Å². The monoisotopic (exact) mass is 795 g/mol. The van der Waals surface area contributed by atoms with E-state index >= 15 is 0 Å². The Bertz CT molecular complexity index is 1880. The lowest BCUT2D eigenvalue weighted by molar-refractivity contribution is -0.145. The van der Waals surface area contributed by atoms with E-state index in [-0.39, 0.29) is 29.7 Å². The van der Waals surface area contributed by atoms with Gasteiger partial charge in [-0.1, -0.05) is 93.5 Å². The van der Waals surface area contributed by atoms with Gasteiger partial charge in [0.15, 0.2) is 0 Å². The van der Waals surface area contributed by atoms with E-state index in [4.69, 9.17) is 29.0 Å². The van der Waals surface area contributed by atoms with Gasteiger partial charge in [-0.25, -0.2) is 14.8 Å². The molecule has 0 N–H and O–H groups in total. The first-order valence-corrected chi connectivity index (χ1v) is 21.4. The van der Waals surface area contributed by atoms with Gasteiger partial charge in [-0.05, 0) is 100 Å². The summed E-state index contributed by atoms with van der Waals surface area (Å²) in [5.74, 6) is 0.156. The molecule has 1 aromatic heterocycles. The van der Waals surface area contributed by atoms with Crippen LogP contribution >= 0.6 is 11.3 Å². The molecule has 0 unspecified atom stereocenters. The number of para-hydroxylation sites is 1. The Kier molecular flexibility index (Phi) is 17.6. The number of carbonyl (C=O) groups excluding carboxylic acids is 3. The summed E-state index contributed by atoms with van der Waals surface area (Å²) in [5, 5.41) is 7.68. The lowest BCUT2D eigenvalue weighted by Gasteiger charge is -2.26. The minimum atomic E-state index is -0.370. The number of hydrazone groups is 1. The average molecular weight is 796 g/mol. The fourth-order valence-electron chi connectivity index (χ4n) is 6.75. The van der Waals surface area contributed by atoms with E-state index in [2.05, 4.69) is 19.6 Å². The van der Waals surface area contributed by atoms with Crippen molar-refractivity contribution in [2.24, 2.45) is 16.9 Å². The van der Waals surface area contributed by atoms with Crippen LogP contribution in [0.1, 0.15) is 108 Å². The predicted molar refractivity (Wildman–Crippen MR) is 227 cm³/mol. The van der Waals surface area contributed by atoms with E-state index < -0.39 is 0 Å². The number of thiazole rings is 1. The molecule has 5 rings (SSSR count). The van der Waals surface area contributed by atoms with Crippen LogP contribution in [-0.4, -0.2) is 48.9 Å². The van der Waals surface area contributed by atoms with E-state index in [1.165, 1.54) is 12.5 Å². The molecule has 1 fully saturated rings. The van der Waals surface area contributed by atoms with Gasteiger partial charge in [0.2, 0.25) is 5.13 Å². The molecule has 4 aromatic rings. The van der Waals surface area contributed by atoms with Gasteiger partial charge in [-0.3, -0.25) is 9.59 Å². The largest absolute Gasteiger partial charge is 0.494 e. The first-order valence-electron chi connectivity index (χ1n) is 20.6. The highest BCUT2D eigenvalue weighted by molar-refractivity contribution is 7.22. The van der Waals surface area contributed by atoms with E-state index in [1.807, 2.05) is 60.5 Å². The fraction of sp³-hybridized carbons (Fsp3) is 0.457. The van der Waals surface area contributed by atoms with Crippen LogP contribution in [0.4, 0.5) is 5.13 Å². The van der Waals surface area contributed by atoms with Gasteiger partial charge in [0.1, 0.15) is 17.2 Å². The van der Waals surface area contributed by atoms with Crippen molar-refractivity contribution in [2.45, 2.75) is 104 Å². The zero-order chi connectivity index (χ0) is 40.2. The normalized spacial score (nSPS) is 15.3. The number of ether oxygens (including phenoxy) is 4. The Hall–Kier alpha value is -5.03. The van der Waals surface area contributed by atoms with Crippen molar-refractivity contribution >= 4 is 50.8 Å². The number of hydrogen-bond donors (Lipinski definition) is 0. The van der Waals surface area contributed by atoms with Crippen LogP contribution in [0.25, 0.3) is 10.2 Å².